The monoisotopic (exact) mass is 219 g/mol. The van der Waals surface area contributed by atoms with Crippen LogP contribution in [0.5, 0.6) is 0 Å². The van der Waals surface area contributed by atoms with Crippen LogP contribution in [0.25, 0.3) is 0 Å². The molecule has 1 aromatic heterocycles. The molecular weight excluding hydrogens is 202 g/mol. The Balaban J connectivity index is 1.80. The van der Waals surface area contributed by atoms with Crippen molar-refractivity contribution in [3.05, 3.63) is 11.3 Å². The van der Waals surface area contributed by atoms with Crippen molar-refractivity contribution in [3.63, 3.8) is 0 Å². The van der Waals surface area contributed by atoms with Crippen LogP contribution in [0.15, 0.2) is 0 Å². The number of aromatic nitrogens is 2. The number of rotatable bonds is 3. The van der Waals surface area contributed by atoms with Crippen LogP contribution < -0.4 is 16.4 Å². The zero-order valence-electron chi connectivity index (χ0n) is 9.29. The van der Waals surface area contributed by atoms with Gasteiger partial charge in [0.1, 0.15) is 5.82 Å². The van der Waals surface area contributed by atoms with Crippen LogP contribution >= 0.6 is 0 Å². The molecule has 4 N–H and O–H groups in total. The van der Waals surface area contributed by atoms with E-state index in [1.165, 1.54) is 12.8 Å². The molecule has 0 saturated heterocycles. The molecule has 3 rings (SSSR count). The normalized spacial score (nSPS) is 19.2. The summed E-state index contributed by atoms with van der Waals surface area (Å²) in [4.78, 5) is 8.83. The summed E-state index contributed by atoms with van der Waals surface area (Å²) in [5.41, 5.74) is 8.11. The van der Waals surface area contributed by atoms with Gasteiger partial charge in [-0.2, -0.15) is 4.98 Å². The van der Waals surface area contributed by atoms with Gasteiger partial charge in [0.25, 0.3) is 0 Å². The minimum absolute atomic E-state index is 0.621. The van der Waals surface area contributed by atoms with Gasteiger partial charge in [-0.3, -0.25) is 0 Å². The zero-order chi connectivity index (χ0) is 11.0. The third-order valence-electron chi connectivity index (χ3n) is 3.21. The Bertz CT molecular complexity index is 400. The summed E-state index contributed by atoms with van der Waals surface area (Å²) in [5, 5.41) is 6.56. The molecule has 1 aliphatic heterocycles. The summed E-state index contributed by atoms with van der Waals surface area (Å²) in [5.74, 6) is 2.14. The number of nitrogens with zero attached hydrogens (tertiary/aromatic N) is 2. The molecule has 1 saturated carbocycles. The van der Waals surface area contributed by atoms with Crippen molar-refractivity contribution in [2.75, 3.05) is 24.1 Å². The SMILES string of the molecule is Nc1nc(NCC2CC2)nc2c1CNCC2. The molecule has 1 aliphatic carbocycles. The lowest BCUT2D eigenvalue weighted by atomic mass is 10.1. The van der Waals surface area contributed by atoms with Gasteiger partial charge in [0.15, 0.2) is 0 Å². The molecule has 2 aliphatic rings. The third-order valence-corrected chi connectivity index (χ3v) is 3.21. The van der Waals surface area contributed by atoms with E-state index in [0.29, 0.717) is 11.8 Å². The molecule has 0 spiro atoms. The van der Waals surface area contributed by atoms with E-state index < -0.39 is 0 Å². The van der Waals surface area contributed by atoms with Crippen molar-refractivity contribution >= 4 is 11.8 Å². The first-order chi connectivity index (χ1) is 7.83. The average Bonchev–Trinajstić information content (AvgIpc) is 3.10. The summed E-state index contributed by atoms with van der Waals surface area (Å²) in [6, 6.07) is 0. The highest BCUT2D eigenvalue weighted by molar-refractivity contribution is 5.48. The Kier molecular flexibility index (Phi) is 2.40. The molecule has 1 fully saturated rings. The highest BCUT2D eigenvalue weighted by atomic mass is 15.1. The minimum atomic E-state index is 0.621. The summed E-state index contributed by atoms with van der Waals surface area (Å²) >= 11 is 0. The number of nitrogens with one attached hydrogen (secondary N) is 2. The number of hydrogen-bond acceptors (Lipinski definition) is 5. The largest absolute Gasteiger partial charge is 0.383 e. The highest BCUT2D eigenvalue weighted by Gasteiger charge is 2.22. The van der Waals surface area contributed by atoms with Gasteiger partial charge in [-0.05, 0) is 18.8 Å². The summed E-state index contributed by atoms with van der Waals surface area (Å²) < 4.78 is 0. The maximum absolute atomic E-state index is 5.93. The first-order valence-corrected chi connectivity index (χ1v) is 5.93. The lowest BCUT2D eigenvalue weighted by molar-refractivity contribution is 0.628. The van der Waals surface area contributed by atoms with Crippen LogP contribution in [0, 0.1) is 5.92 Å². The molecule has 0 bridgehead atoms. The van der Waals surface area contributed by atoms with Crippen molar-refractivity contribution in [2.45, 2.75) is 25.8 Å². The zero-order valence-corrected chi connectivity index (χ0v) is 9.29. The van der Waals surface area contributed by atoms with Crippen LogP contribution in [0.2, 0.25) is 0 Å². The van der Waals surface area contributed by atoms with Crippen LogP contribution in [-0.4, -0.2) is 23.1 Å². The predicted molar refractivity (Wildman–Crippen MR) is 63.1 cm³/mol. The van der Waals surface area contributed by atoms with E-state index in [0.717, 1.165) is 43.2 Å². The first-order valence-electron chi connectivity index (χ1n) is 5.93. The molecule has 1 aromatic rings. The van der Waals surface area contributed by atoms with Crippen molar-refractivity contribution in [1.82, 2.24) is 15.3 Å². The van der Waals surface area contributed by atoms with E-state index in [4.69, 9.17) is 5.73 Å². The maximum Gasteiger partial charge on any atom is 0.224 e. The first kappa shape index (κ1) is 9.84. The summed E-state index contributed by atoms with van der Waals surface area (Å²) in [7, 11) is 0. The molecular formula is C11H17N5. The molecule has 0 atom stereocenters. The Morgan fingerprint density at radius 3 is 3.06 bits per heavy atom. The second-order valence-corrected chi connectivity index (χ2v) is 4.61. The summed E-state index contributed by atoms with van der Waals surface area (Å²) in [6.07, 6.45) is 3.61. The molecule has 16 heavy (non-hydrogen) atoms. The van der Waals surface area contributed by atoms with Gasteiger partial charge in [-0.1, -0.05) is 0 Å². The van der Waals surface area contributed by atoms with Crippen molar-refractivity contribution in [2.24, 2.45) is 5.92 Å². The van der Waals surface area contributed by atoms with E-state index >= 15 is 0 Å². The van der Waals surface area contributed by atoms with E-state index in [1.807, 2.05) is 0 Å². The Hall–Kier alpha value is -1.36. The molecule has 2 heterocycles. The molecule has 5 heteroatoms. The summed E-state index contributed by atoms with van der Waals surface area (Å²) in [6.45, 7) is 2.76. The fourth-order valence-corrected chi connectivity index (χ4v) is 2.01. The van der Waals surface area contributed by atoms with Gasteiger partial charge in [-0.25, -0.2) is 4.98 Å². The van der Waals surface area contributed by atoms with E-state index in [-0.39, 0.29) is 0 Å². The van der Waals surface area contributed by atoms with Gasteiger partial charge >= 0.3 is 0 Å². The highest BCUT2D eigenvalue weighted by Crippen LogP contribution is 2.28. The maximum atomic E-state index is 5.93. The number of hydrogen-bond donors (Lipinski definition) is 3. The second-order valence-electron chi connectivity index (χ2n) is 4.61. The van der Waals surface area contributed by atoms with Crippen LogP contribution in [0.4, 0.5) is 11.8 Å². The molecule has 86 valence electrons. The molecule has 0 unspecified atom stereocenters. The third kappa shape index (κ3) is 1.95. The quantitative estimate of drug-likeness (QED) is 0.691. The van der Waals surface area contributed by atoms with E-state index in [1.54, 1.807) is 0 Å². The van der Waals surface area contributed by atoms with Gasteiger partial charge in [0.05, 0.1) is 5.69 Å². The van der Waals surface area contributed by atoms with Crippen LogP contribution in [-0.2, 0) is 13.0 Å². The fraction of sp³-hybridized carbons (Fsp3) is 0.636. The molecule has 0 amide bonds. The van der Waals surface area contributed by atoms with Crippen LogP contribution in [0.3, 0.4) is 0 Å². The second kappa shape index (κ2) is 3.90. The van der Waals surface area contributed by atoms with E-state index in [9.17, 15) is 0 Å². The van der Waals surface area contributed by atoms with Crippen molar-refractivity contribution in [1.29, 1.82) is 0 Å². The predicted octanol–water partition coefficient (Wildman–Crippen LogP) is 0.526. The van der Waals surface area contributed by atoms with Gasteiger partial charge in [0.2, 0.25) is 5.95 Å². The topological polar surface area (TPSA) is 75.9 Å². The van der Waals surface area contributed by atoms with Gasteiger partial charge in [0, 0.05) is 31.6 Å². The number of anilines is 2. The van der Waals surface area contributed by atoms with Gasteiger partial charge in [-0.15, -0.1) is 0 Å². The number of fused-ring (bicyclic) bond motifs is 1. The molecule has 0 radical (unpaired) electrons. The average molecular weight is 219 g/mol. The fourth-order valence-electron chi connectivity index (χ4n) is 2.01. The van der Waals surface area contributed by atoms with E-state index in [2.05, 4.69) is 20.6 Å². The Labute approximate surface area is 94.9 Å². The van der Waals surface area contributed by atoms with Gasteiger partial charge < -0.3 is 16.4 Å². The molecule has 5 nitrogen and oxygen atoms in total. The Morgan fingerprint density at radius 1 is 1.38 bits per heavy atom. The lowest BCUT2D eigenvalue weighted by Crippen LogP contribution is -2.26. The van der Waals surface area contributed by atoms with Crippen LogP contribution in [0.1, 0.15) is 24.1 Å². The van der Waals surface area contributed by atoms with Crippen molar-refractivity contribution < 1.29 is 0 Å². The standard InChI is InChI=1S/C11H17N5/c12-10-8-6-13-4-3-9(8)15-11(16-10)14-5-7-1-2-7/h7,13H,1-6H2,(H3,12,14,15,16). The lowest BCUT2D eigenvalue weighted by Gasteiger charge is -2.18. The minimum Gasteiger partial charge on any atom is -0.383 e. The molecule has 0 aromatic carbocycles. The van der Waals surface area contributed by atoms with Crippen molar-refractivity contribution in [3.8, 4) is 0 Å². The number of nitrogen functional groups attached to an aromatic ring is 1. The Morgan fingerprint density at radius 2 is 2.25 bits per heavy atom. The number of nitrogens with two attached hydrogens (primary N) is 1. The smallest absolute Gasteiger partial charge is 0.224 e.